The molecule has 0 unspecified atom stereocenters. The van der Waals surface area contributed by atoms with Crippen molar-refractivity contribution in [1.29, 1.82) is 0 Å². The summed E-state index contributed by atoms with van der Waals surface area (Å²) in [5, 5.41) is 2.82. The summed E-state index contributed by atoms with van der Waals surface area (Å²) in [7, 11) is 0. The predicted octanol–water partition coefficient (Wildman–Crippen LogP) is 2.70. The lowest BCUT2D eigenvalue weighted by Crippen LogP contribution is -2.14. The highest BCUT2D eigenvalue weighted by Gasteiger charge is 2.31. The number of aromatic nitrogens is 2. The largest absolute Gasteiger partial charge is 0.416 e. The molecule has 0 aliphatic heterocycles. The first-order chi connectivity index (χ1) is 9.88. The average molecular weight is 297 g/mol. The van der Waals surface area contributed by atoms with Crippen LogP contribution in [0.2, 0.25) is 0 Å². The molecule has 0 aliphatic carbocycles. The smallest absolute Gasteiger partial charge is 0.366 e. The number of rotatable bonds is 4. The van der Waals surface area contributed by atoms with Gasteiger partial charge in [-0.25, -0.2) is 10.8 Å². The molecule has 112 valence electrons. The summed E-state index contributed by atoms with van der Waals surface area (Å²) >= 11 is 0. The molecule has 0 saturated carbocycles. The van der Waals surface area contributed by atoms with E-state index in [-0.39, 0.29) is 11.6 Å². The molecule has 8 heteroatoms. The van der Waals surface area contributed by atoms with Crippen molar-refractivity contribution in [2.24, 2.45) is 5.84 Å². The maximum atomic E-state index is 12.8. The fourth-order valence-corrected chi connectivity index (χ4v) is 1.65. The first-order valence-electron chi connectivity index (χ1n) is 6.10. The van der Waals surface area contributed by atoms with Crippen LogP contribution >= 0.6 is 0 Å². The number of alkyl halides is 3. The van der Waals surface area contributed by atoms with E-state index in [9.17, 15) is 13.2 Å². The Hall–Kier alpha value is -2.35. The monoisotopic (exact) mass is 297 g/mol. The van der Waals surface area contributed by atoms with Gasteiger partial charge in [0.25, 0.3) is 0 Å². The molecule has 0 spiro atoms. The van der Waals surface area contributed by atoms with Gasteiger partial charge in [-0.2, -0.15) is 13.2 Å². The van der Waals surface area contributed by atoms with Gasteiger partial charge >= 0.3 is 6.18 Å². The standard InChI is InChI=1S/C13H14F3N5/c1-8-2-3-9(6-18-8)7-19-11-4-10(13(14,15)16)5-12(20-11)21-17/h2-6H,7,17H2,1H3,(H2,19,20,21). The maximum absolute atomic E-state index is 12.8. The van der Waals surface area contributed by atoms with Crippen molar-refractivity contribution in [2.75, 3.05) is 10.7 Å². The zero-order chi connectivity index (χ0) is 15.5. The highest BCUT2D eigenvalue weighted by Crippen LogP contribution is 2.31. The minimum Gasteiger partial charge on any atom is -0.366 e. The van der Waals surface area contributed by atoms with Crippen LogP contribution in [0, 0.1) is 6.92 Å². The van der Waals surface area contributed by atoms with E-state index in [4.69, 9.17) is 5.84 Å². The molecular weight excluding hydrogens is 283 g/mol. The molecule has 0 fully saturated rings. The summed E-state index contributed by atoms with van der Waals surface area (Å²) in [6, 6.07) is 5.44. The van der Waals surface area contributed by atoms with Gasteiger partial charge < -0.3 is 10.7 Å². The third-order valence-corrected chi connectivity index (χ3v) is 2.75. The lowest BCUT2D eigenvalue weighted by molar-refractivity contribution is -0.137. The number of aryl methyl sites for hydroxylation is 1. The number of nitrogen functional groups attached to an aromatic ring is 1. The summed E-state index contributed by atoms with van der Waals surface area (Å²) in [4.78, 5) is 8.04. The van der Waals surface area contributed by atoms with Crippen molar-refractivity contribution in [3.63, 3.8) is 0 Å². The zero-order valence-electron chi connectivity index (χ0n) is 11.2. The Kier molecular flexibility index (Phi) is 4.27. The van der Waals surface area contributed by atoms with Crippen LogP contribution in [0.25, 0.3) is 0 Å². The molecule has 0 aromatic carbocycles. The lowest BCUT2D eigenvalue weighted by atomic mass is 10.2. The summed E-state index contributed by atoms with van der Waals surface area (Å²) in [5.74, 6) is 5.16. The van der Waals surface area contributed by atoms with Crippen LogP contribution in [-0.2, 0) is 12.7 Å². The third kappa shape index (κ3) is 4.06. The average Bonchev–Trinajstić information content (AvgIpc) is 2.45. The van der Waals surface area contributed by atoms with Gasteiger partial charge in [0.2, 0.25) is 0 Å². The Morgan fingerprint density at radius 3 is 2.48 bits per heavy atom. The Balaban J connectivity index is 2.17. The number of hydrogen-bond donors (Lipinski definition) is 3. The van der Waals surface area contributed by atoms with Gasteiger partial charge in [0.05, 0.1) is 5.56 Å². The van der Waals surface area contributed by atoms with E-state index in [2.05, 4.69) is 20.7 Å². The first-order valence-corrected chi connectivity index (χ1v) is 6.10. The summed E-state index contributed by atoms with van der Waals surface area (Å²) in [5.41, 5.74) is 3.00. The molecule has 0 aliphatic rings. The molecule has 5 nitrogen and oxygen atoms in total. The van der Waals surface area contributed by atoms with Gasteiger partial charge in [0, 0.05) is 18.4 Å². The third-order valence-electron chi connectivity index (χ3n) is 2.75. The van der Waals surface area contributed by atoms with Crippen molar-refractivity contribution < 1.29 is 13.2 Å². The number of nitrogens with zero attached hydrogens (tertiary/aromatic N) is 2. The van der Waals surface area contributed by atoms with Gasteiger partial charge in [-0.15, -0.1) is 0 Å². The fourth-order valence-electron chi connectivity index (χ4n) is 1.65. The molecule has 0 bridgehead atoms. The van der Waals surface area contributed by atoms with Gasteiger partial charge in [-0.3, -0.25) is 4.98 Å². The van der Waals surface area contributed by atoms with Crippen molar-refractivity contribution in [1.82, 2.24) is 9.97 Å². The van der Waals surface area contributed by atoms with Gasteiger partial charge in [0.1, 0.15) is 11.6 Å². The highest BCUT2D eigenvalue weighted by atomic mass is 19.4. The molecule has 21 heavy (non-hydrogen) atoms. The van der Waals surface area contributed by atoms with Crippen LogP contribution in [0.4, 0.5) is 24.8 Å². The molecule has 0 saturated heterocycles. The summed E-state index contributed by atoms with van der Waals surface area (Å²) < 4.78 is 38.3. The normalized spacial score (nSPS) is 11.3. The van der Waals surface area contributed by atoms with E-state index < -0.39 is 11.7 Å². The molecule has 2 aromatic heterocycles. The van der Waals surface area contributed by atoms with Crippen molar-refractivity contribution in [3.05, 3.63) is 47.3 Å². The topological polar surface area (TPSA) is 75.9 Å². The Bertz CT molecular complexity index is 610. The van der Waals surface area contributed by atoms with Crippen molar-refractivity contribution >= 4 is 11.6 Å². The lowest BCUT2D eigenvalue weighted by Gasteiger charge is -2.12. The number of nitrogens with one attached hydrogen (secondary N) is 2. The number of nitrogens with two attached hydrogens (primary N) is 1. The van der Waals surface area contributed by atoms with E-state index in [1.165, 1.54) is 0 Å². The van der Waals surface area contributed by atoms with E-state index in [1.807, 2.05) is 19.1 Å². The summed E-state index contributed by atoms with van der Waals surface area (Å²) in [6.45, 7) is 2.16. The molecule has 2 heterocycles. The minimum absolute atomic E-state index is 0.0608. The predicted molar refractivity (Wildman–Crippen MR) is 73.3 cm³/mol. The molecule has 4 N–H and O–H groups in total. The number of pyridine rings is 2. The van der Waals surface area contributed by atoms with Crippen LogP contribution in [0.3, 0.4) is 0 Å². The molecular formula is C13H14F3N5. The summed E-state index contributed by atoms with van der Waals surface area (Å²) in [6.07, 6.45) is -2.81. The van der Waals surface area contributed by atoms with Crippen LogP contribution in [-0.4, -0.2) is 9.97 Å². The second-order valence-corrected chi connectivity index (χ2v) is 4.43. The van der Waals surface area contributed by atoms with Gasteiger partial charge in [0.15, 0.2) is 0 Å². The highest BCUT2D eigenvalue weighted by molar-refractivity contribution is 5.49. The second kappa shape index (κ2) is 5.96. The Morgan fingerprint density at radius 1 is 1.19 bits per heavy atom. The molecule has 0 atom stereocenters. The van der Waals surface area contributed by atoms with Gasteiger partial charge in [-0.05, 0) is 30.7 Å². The quantitative estimate of drug-likeness (QED) is 0.597. The van der Waals surface area contributed by atoms with Crippen molar-refractivity contribution in [3.8, 4) is 0 Å². The molecule has 2 aromatic rings. The number of halogens is 3. The number of hydrogen-bond acceptors (Lipinski definition) is 5. The number of anilines is 2. The Morgan fingerprint density at radius 2 is 1.90 bits per heavy atom. The van der Waals surface area contributed by atoms with E-state index in [0.29, 0.717) is 6.54 Å². The van der Waals surface area contributed by atoms with E-state index >= 15 is 0 Å². The number of hydrazine groups is 1. The van der Waals surface area contributed by atoms with Crippen LogP contribution in [0.5, 0.6) is 0 Å². The van der Waals surface area contributed by atoms with Crippen LogP contribution < -0.4 is 16.6 Å². The molecule has 2 rings (SSSR count). The van der Waals surface area contributed by atoms with Crippen molar-refractivity contribution in [2.45, 2.75) is 19.6 Å². The minimum atomic E-state index is -4.46. The first kappa shape index (κ1) is 15.0. The zero-order valence-corrected chi connectivity index (χ0v) is 11.2. The SMILES string of the molecule is Cc1ccc(CNc2cc(C(F)(F)F)cc(NN)n2)cn1. The molecule has 0 radical (unpaired) electrons. The second-order valence-electron chi connectivity index (χ2n) is 4.43. The maximum Gasteiger partial charge on any atom is 0.416 e. The van der Waals surface area contributed by atoms with E-state index in [0.717, 1.165) is 23.4 Å². The molecule has 0 amide bonds. The van der Waals surface area contributed by atoms with Gasteiger partial charge in [-0.1, -0.05) is 6.07 Å². The van der Waals surface area contributed by atoms with Crippen LogP contribution in [0.1, 0.15) is 16.8 Å². The fraction of sp³-hybridized carbons (Fsp3) is 0.231. The van der Waals surface area contributed by atoms with Crippen LogP contribution in [0.15, 0.2) is 30.5 Å². The van der Waals surface area contributed by atoms with E-state index in [1.54, 1.807) is 6.20 Å². The Labute approximate surface area is 119 Å².